The molecule has 3 rings (SSSR count). The summed E-state index contributed by atoms with van der Waals surface area (Å²) in [5, 5.41) is 10.1. The Morgan fingerprint density at radius 2 is 1.89 bits per heavy atom. The molecule has 1 aliphatic rings. The number of Topliss-reactive ketones (excluding diaryl/α,β-unsaturated/α-hetero) is 1. The first-order chi connectivity index (χ1) is 9.22. The fourth-order valence-corrected chi connectivity index (χ4v) is 2.21. The van der Waals surface area contributed by atoms with E-state index in [0.717, 1.165) is 17.7 Å². The minimum Gasteiger partial charge on any atom is -0.448 e. The van der Waals surface area contributed by atoms with Crippen LogP contribution in [0.4, 0.5) is 0 Å². The molecule has 0 saturated carbocycles. The van der Waals surface area contributed by atoms with Gasteiger partial charge in [-0.25, -0.2) is 0 Å². The van der Waals surface area contributed by atoms with Gasteiger partial charge < -0.3 is 9.84 Å². The maximum atomic E-state index is 12.3. The number of hydrogen-bond donors (Lipinski definition) is 1. The van der Waals surface area contributed by atoms with Gasteiger partial charge in [0.25, 0.3) is 0 Å². The van der Waals surface area contributed by atoms with E-state index in [0.29, 0.717) is 16.9 Å². The van der Waals surface area contributed by atoms with Gasteiger partial charge in [-0.05, 0) is 23.6 Å². The van der Waals surface area contributed by atoms with Crippen LogP contribution < -0.4 is 4.74 Å². The largest absolute Gasteiger partial charge is 0.448 e. The number of ketones is 1. The zero-order chi connectivity index (χ0) is 13.4. The van der Waals surface area contributed by atoms with Crippen molar-refractivity contribution in [1.29, 1.82) is 0 Å². The van der Waals surface area contributed by atoms with E-state index in [-0.39, 0.29) is 5.78 Å². The normalized spacial score (nSPS) is 13.4. The second-order valence-corrected chi connectivity index (χ2v) is 4.56. The summed E-state index contributed by atoms with van der Waals surface area (Å²) >= 11 is 0. The molecule has 2 aromatic carbocycles. The fraction of sp³-hybridized carbons (Fsp3) is 0.188. The summed E-state index contributed by atoms with van der Waals surface area (Å²) in [6, 6.07) is 12.5. The zero-order valence-electron chi connectivity index (χ0n) is 10.6. The minimum atomic E-state index is -1.14. The standard InChI is InChI=1S/C16H14O3/c1-2-10-8-9-12(16-15(10)19-16)14(18)13(17)11-6-4-3-5-7-11/h3-9,13,17H,2H2,1H3. The van der Waals surface area contributed by atoms with Crippen LogP contribution in [0.2, 0.25) is 0 Å². The van der Waals surface area contributed by atoms with Crippen molar-refractivity contribution in [3.8, 4) is 11.5 Å². The molecule has 0 saturated heterocycles. The summed E-state index contributed by atoms with van der Waals surface area (Å²) in [6.45, 7) is 2.04. The SMILES string of the molecule is CCc1ccc(C(=O)C(O)c2ccccc2)c2c1O2. The number of carbonyl (C=O) groups excluding carboxylic acids is 1. The van der Waals surface area contributed by atoms with Gasteiger partial charge in [0.1, 0.15) is 6.10 Å². The van der Waals surface area contributed by atoms with Gasteiger partial charge in [-0.1, -0.05) is 43.3 Å². The van der Waals surface area contributed by atoms with Crippen LogP contribution in [0.1, 0.15) is 34.5 Å². The van der Waals surface area contributed by atoms with E-state index in [2.05, 4.69) is 0 Å². The predicted molar refractivity (Wildman–Crippen MR) is 71.6 cm³/mol. The van der Waals surface area contributed by atoms with Crippen LogP contribution in [0, 0.1) is 0 Å². The van der Waals surface area contributed by atoms with E-state index >= 15 is 0 Å². The van der Waals surface area contributed by atoms with E-state index in [1.807, 2.05) is 19.1 Å². The van der Waals surface area contributed by atoms with Gasteiger partial charge in [0.05, 0.1) is 5.56 Å². The highest BCUT2D eigenvalue weighted by atomic mass is 16.6. The molecule has 1 aliphatic heterocycles. The molecule has 0 fully saturated rings. The summed E-state index contributed by atoms with van der Waals surface area (Å²) in [5.41, 5.74) is 2.16. The average Bonchev–Trinajstić information content (AvgIpc) is 3.26. The Kier molecular flexibility index (Phi) is 2.84. The Bertz CT molecular complexity index is 632. The molecule has 3 nitrogen and oxygen atoms in total. The topological polar surface area (TPSA) is 49.8 Å². The predicted octanol–water partition coefficient (Wildman–Crippen LogP) is 3.27. The van der Waals surface area contributed by atoms with E-state index in [9.17, 15) is 9.90 Å². The van der Waals surface area contributed by atoms with Gasteiger partial charge in [0.15, 0.2) is 17.3 Å². The molecule has 1 N–H and O–H groups in total. The third kappa shape index (κ3) is 2.02. The lowest BCUT2D eigenvalue weighted by molar-refractivity contribution is 0.0747. The maximum absolute atomic E-state index is 12.3. The minimum absolute atomic E-state index is 0.317. The number of ether oxygens (including phenoxy) is 1. The van der Waals surface area contributed by atoms with Gasteiger partial charge in [-0.2, -0.15) is 0 Å². The highest BCUT2D eigenvalue weighted by molar-refractivity contribution is 6.04. The molecule has 0 amide bonds. The monoisotopic (exact) mass is 254 g/mol. The lowest BCUT2D eigenvalue weighted by atomic mass is 9.99. The van der Waals surface area contributed by atoms with Crippen LogP contribution in [0.5, 0.6) is 11.5 Å². The van der Waals surface area contributed by atoms with Gasteiger partial charge in [0.2, 0.25) is 0 Å². The van der Waals surface area contributed by atoms with Crippen molar-refractivity contribution in [3.63, 3.8) is 0 Å². The average molecular weight is 254 g/mol. The molecular formula is C16H14O3. The summed E-state index contributed by atoms with van der Waals surface area (Å²) in [7, 11) is 0. The van der Waals surface area contributed by atoms with Gasteiger partial charge in [0, 0.05) is 0 Å². The summed E-state index contributed by atoms with van der Waals surface area (Å²) in [4.78, 5) is 12.3. The number of benzene rings is 2. The van der Waals surface area contributed by atoms with Crippen LogP contribution in [-0.2, 0) is 6.42 Å². The molecule has 2 aromatic rings. The van der Waals surface area contributed by atoms with Gasteiger partial charge in [-0.3, -0.25) is 4.79 Å². The molecule has 1 atom stereocenters. The van der Waals surface area contributed by atoms with Gasteiger partial charge in [-0.15, -0.1) is 0 Å². The molecule has 1 unspecified atom stereocenters. The Morgan fingerprint density at radius 3 is 2.58 bits per heavy atom. The smallest absolute Gasteiger partial charge is 0.199 e. The molecule has 0 radical (unpaired) electrons. The van der Waals surface area contributed by atoms with E-state index in [1.165, 1.54) is 0 Å². The lowest BCUT2D eigenvalue weighted by Crippen LogP contribution is -2.11. The first-order valence-electron chi connectivity index (χ1n) is 6.33. The summed E-state index contributed by atoms with van der Waals surface area (Å²) in [5.74, 6) is 1.11. The van der Waals surface area contributed by atoms with Crippen molar-refractivity contribution < 1.29 is 14.6 Å². The number of aliphatic hydroxyl groups is 1. The third-order valence-corrected chi connectivity index (χ3v) is 3.37. The van der Waals surface area contributed by atoms with Crippen molar-refractivity contribution >= 4 is 5.78 Å². The van der Waals surface area contributed by atoms with Crippen LogP contribution >= 0.6 is 0 Å². The summed E-state index contributed by atoms with van der Waals surface area (Å²) in [6.07, 6.45) is -0.264. The molecule has 0 bridgehead atoms. The quantitative estimate of drug-likeness (QED) is 0.574. The molecule has 96 valence electrons. The number of aryl methyl sites for hydroxylation is 1. The molecular weight excluding hydrogens is 240 g/mol. The van der Waals surface area contributed by atoms with Crippen LogP contribution in [0.3, 0.4) is 0 Å². The second kappa shape index (κ2) is 4.52. The molecule has 1 heterocycles. The second-order valence-electron chi connectivity index (χ2n) is 4.56. The number of fused-ring (bicyclic) bond motifs is 1. The molecule has 0 spiro atoms. The van der Waals surface area contributed by atoms with E-state index in [4.69, 9.17) is 4.74 Å². The van der Waals surface area contributed by atoms with Crippen LogP contribution in [-0.4, -0.2) is 10.9 Å². The number of carbonyl (C=O) groups is 1. The number of rotatable bonds is 4. The van der Waals surface area contributed by atoms with Gasteiger partial charge >= 0.3 is 0 Å². The number of hydrogen-bond acceptors (Lipinski definition) is 3. The van der Waals surface area contributed by atoms with Crippen molar-refractivity contribution in [2.24, 2.45) is 0 Å². The first-order valence-corrected chi connectivity index (χ1v) is 6.33. The molecule has 3 heteroatoms. The summed E-state index contributed by atoms with van der Waals surface area (Å²) < 4.78 is 5.37. The Balaban J connectivity index is 1.90. The molecule has 0 aromatic heterocycles. The maximum Gasteiger partial charge on any atom is 0.199 e. The van der Waals surface area contributed by atoms with E-state index in [1.54, 1.807) is 30.3 Å². The zero-order valence-corrected chi connectivity index (χ0v) is 10.6. The Hall–Kier alpha value is -2.13. The van der Waals surface area contributed by atoms with Crippen LogP contribution in [0.15, 0.2) is 42.5 Å². The molecule has 19 heavy (non-hydrogen) atoms. The van der Waals surface area contributed by atoms with Crippen molar-refractivity contribution in [2.75, 3.05) is 0 Å². The van der Waals surface area contributed by atoms with Crippen molar-refractivity contribution in [1.82, 2.24) is 0 Å². The fourth-order valence-electron chi connectivity index (χ4n) is 2.21. The number of aliphatic hydroxyl groups excluding tert-OH is 1. The Labute approximate surface area is 111 Å². The highest BCUT2D eigenvalue weighted by Crippen LogP contribution is 2.51. The van der Waals surface area contributed by atoms with Crippen LogP contribution in [0.25, 0.3) is 0 Å². The van der Waals surface area contributed by atoms with Crippen molar-refractivity contribution in [3.05, 3.63) is 59.2 Å². The van der Waals surface area contributed by atoms with Crippen molar-refractivity contribution in [2.45, 2.75) is 19.4 Å². The third-order valence-electron chi connectivity index (χ3n) is 3.37. The first kappa shape index (κ1) is 11.9. The Morgan fingerprint density at radius 1 is 1.16 bits per heavy atom. The lowest BCUT2D eigenvalue weighted by Gasteiger charge is -2.08. The van der Waals surface area contributed by atoms with E-state index < -0.39 is 6.10 Å². The molecule has 0 aliphatic carbocycles. The highest BCUT2D eigenvalue weighted by Gasteiger charge is 2.33.